The lowest BCUT2D eigenvalue weighted by Gasteiger charge is -2.27. The van der Waals surface area contributed by atoms with Crippen molar-refractivity contribution in [2.24, 2.45) is 11.3 Å². The van der Waals surface area contributed by atoms with Gasteiger partial charge in [-0.25, -0.2) is 0 Å². The van der Waals surface area contributed by atoms with Crippen molar-refractivity contribution in [2.75, 3.05) is 19.7 Å². The van der Waals surface area contributed by atoms with Gasteiger partial charge < -0.3 is 20.7 Å². The average Bonchev–Trinajstić information content (AvgIpc) is 3.38. The van der Waals surface area contributed by atoms with Crippen LogP contribution in [0.1, 0.15) is 44.1 Å². The van der Waals surface area contributed by atoms with Gasteiger partial charge in [0, 0.05) is 19.0 Å². The number of Topliss-reactive ketones (excluding diaryl/α,β-unsaturated/α-hetero) is 1. The first-order valence-corrected chi connectivity index (χ1v) is 11.0. The van der Waals surface area contributed by atoms with Gasteiger partial charge >= 0.3 is 0 Å². The number of rotatable bonds is 9. The second kappa shape index (κ2) is 9.27. The van der Waals surface area contributed by atoms with Crippen LogP contribution in [0.25, 0.3) is 0 Å². The van der Waals surface area contributed by atoms with Crippen LogP contribution in [0.5, 0.6) is 0 Å². The standard InChI is InChI=1S/C23H31N3O4/c27-20(14-30-13-16-5-2-1-3-6-16)18(11-17-7-4-10-24-21(17)28)26-22(29)19-12-23(8-9-23)15-25-19/h1-3,5-6,17-19,25H,4,7-15H2,(H,24,28)(H,26,29)/t17-,18-,19-/m0/s1. The van der Waals surface area contributed by atoms with Gasteiger partial charge in [0.1, 0.15) is 6.61 Å². The molecule has 162 valence electrons. The first-order chi connectivity index (χ1) is 14.5. The van der Waals surface area contributed by atoms with E-state index in [1.165, 1.54) is 12.8 Å². The van der Waals surface area contributed by atoms with Gasteiger partial charge in [-0.3, -0.25) is 14.4 Å². The fourth-order valence-corrected chi connectivity index (χ4v) is 4.49. The maximum Gasteiger partial charge on any atom is 0.237 e. The maximum absolute atomic E-state index is 12.9. The molecule has 3 atom stereocenters. The number of carbonyl (C=O) groups excluding carboxylic acids is 3. The van der Waals surface area contributed by atoms with E-state index in [-0.39, 0.29) is 36.2 Å². The Labute approximate surface area is 177 Å². The molecule has 7 heteroatoms. The largest absolute Gasteiger partial charge is 0.369 e. The predicted molar refractivity (Wildman–Crippen MR) is 111 cm³/mol. The van der Waals surface area contributed by atoms with Gasteiger partial charge in [-0.2, -0.15) is 0 Å². The van der Waals surface area contributed by atoms with Gasteiger partial charge in [-0.1, -0.05) is 30.3 Å². The molecule has 3 N–H and O–H groups in total. The Morgan fingerprint density at radius 3 is 2.73 bits per heavy atom. The van der Waals surface area contributed by atoms with Crippen molar-refractivity contribution in [1.29, 1.82) is 0 Å². The summed E-state index contributed by atoms with van der Waals surface area (Å²) in [5.41, 5.74) is 1.28. The van der Waals surface area contributed by atoms with Crippen LogP contribution in [0.2, 0.25) is 0 Å². The van der Waals surface area contributed by atoms with E-state index in [9.17, 15) is 14.4 Å². The third-order valence-corrected chi connectivity index (χ3v) is 6.61. The monoisotopic (exact) mass is 413 g/mol. The van der Waals surface area contributed by atoms with Gasteiger partial charge in [-0.05, 0) is 49.5 Å². The fourth-order valence-electron chi connectivity index (χ4n) is 4.49. The summed E-state index contributed by atoms with van der Waals surface area (Å²) in [6.07, 6.45) is 5.12. The molecule has 0 aromatic heterocycles. The Hall–Kier alpha value is -2.25. The SMILES string of the molecule is O=C1NCCC[C@H]1C[C@H](NC(=O)[C@@H]1CC2(CC2)CN1)C(=O)COCc1ccccc1. The molecular formula is C23H31N3O4. The van der Waals surface area contributed by atoms with Gasteiger partial charge in [0.05, 0.1) is 18.7 Å². The Balaban J connectivity index is 1.35. The van der Waals surface area contributed by atoms with Crippen molar-refractivity contribution >= 4 is 17.6 Å². The number of nitrogens with one attached hydrogen (secondary N) is 3. The molecule has 0 radical (unpaired) electrons. The zero-order chi connectivity index (χ0) is 21.0. The number of piperidine rings is 1. The Kier molecular flexibility index (Phi) is 6.49. The number of hydrogen-bond donors (Lipinski definition) is 3. The molecule has 3 fully saturated rings. The highest BCUT2D eigenvalue weighted by Gasteiger charge is 2.50. The molecule has 7 nitrogen and oxygen atoms in total. The minimum Gasteiger partial charge on any atom is -0.369 e. The second-order valence-electron chi connectivity index (χ2n) is 9.01. The molecular weight excluding hydrogens is 382 g/mol. The lowest BCUT2D eigenvalue weighted by atomic mass is 9.90. The summed E-state index contributed by atoms with van der Waals surface area (Å²) in [6.45, 7) is 1.80. The molecule has 2 saturated heterocycles. The predicted octanol–water partition coefficient (Wildman–Crippen LogP) is 1.32. The molecule has 2 aliphatic heterocycles. The molecule has 2 amide bonds. The van der Waals surface area contributed by atoms with Crippen LogP contribution < -0.4 is 16.0 Å². The van der Waals surface area contributed by atoms with Gasteiger partial charge in [-0.15, -0.1) is 0 Å². The summed E-state index contributed by atoms with van der Waals surface area (Å²) < 4.78 is 5.61. The summed E-state index contributed by atoms with van der Waals surface area (Å²) in [5, 5.41) is 9.09. The average molecular weight is 414 g/mol. The smallest absolute Gasteiger partial charge is 0.237 e. The lowest BCUT2D eigenvalue weighted by molar-refractivity contribution is -0.133. The van der Waals surface area contributed by atoms with Crippen LogP contribution in [0.4, 0.5) is 0 Å². The minimum atomic E-state index is -0.709. The maximum atomic E-state index is 12.9. The van der Waals surface area contributed by atoms with E-state index in [2.05, 4.69) is 16.0 Å². The Morgan fingerprint density at radius 2 is 2.03 bits per heavy atom. The molecule has 2 heterocycles. The zero-order valence-corrected chi connectivity index (χ0v) is 17.3. The van der Waals surface area contributed by atoms with Crippen molar-refractivity contribution in [3.63, 3.8) is 0 Å². The van der Waals surface area contributed by atoms with E-state index < -0.39 is 6.04 Å². The van der Waals surface area contributed by atoms with Crippen LogP contribution in [0, 0.1) is 11.3 Å². The number of amides is 2. The van der Waals surface area contributed by atoms with E-state index in [0.29, 0.717) is 25.0 Å². The van der Waals surface area contributed by atoms with Crippen molar-refractivity contribution in [3.8, 4) is 0 Å². The van der Waals surface area contributed by atoms with E-state index in [0.717, 1.165) is 31.4 Å². The highest BCUT2D eigenvalue weighted by Crippen LogP contribution is 2.51. The van der Waals surface area contributed by atoms with E-state index >= 15 is 0 Å². The lowest BCUT2D eigenvalue weighted by Crippen LogP contribution is -2.51. The van der Waals surface area contributed by atoms with E-state index in [1.54, 1.807) is 0 Å². The highest BCUT2D eigenvalue weighted by atomic mass is 16.5. The molecule has 0 unspecified atom stereocenters. The van der Waals surface area contributed by atoms with E-state index in [1.807, 2.05) is 30.3 Å². The zero-order valence-electron chi connectivity index (χ0n) is 17.3. The van der Waals surface area contributed by atoms with Crippen LogP contribution in [0.15, 0.2) is 30.3 Å². The first kappa shape index (κ1) is 21.0. The topological polar surface area (TPSA) is 96.5 Å². The molecule has 1 aliphatic carbocycles. The molecule has 1 aromatic rings. The van der Waals surface area contributed by atoms with Gasteiger partial charge in [0.25, 0.3) is 0 Å². The van der Waals surface area contributed by atoms with Gasteiger partial charge in [0.15, 0.2) is 5.78 Å². The quantitative estimate of drug-likeness (QED) is 0.567. The van der Waals surface area contributed by atoms with Crippen molar-refractivity contribution in [3.05, 3.63) is 35.9 Å². The summed E-state index contributed by atoms with van der Waals surface area (Å²) in [4.78, 5) is 37.9. The number of ether oxygens (including phenoxy) is 1. The second-order valence-corrected chi connectivity index (χ2v) is 9.01. The molecule has 1 spiro atoms. The summed E-state index contributed by atoms with van der Waals surface area (Å²) in [6, 6.07) is 8.69. The van der Waals surface area contributed by atoms with Crippen molar-refractivity contribution < 1.29 is 19.1 Å². The fraction of sp³-hybridized carbons (Fsp3) is 0.609. The van der Waals surface area contributed by atoms with Crippen molar-refractivity contribution in [2.45, 2.75) is 57.2 Å². The number of carbonyl (C=O) groups is 3. The molecule has 30 heavy (non-hydrogen) atoms. The summed E-state index contributed by atoms with van der Waals surface area (Å²) in [7, 11) is 0. The van der Waals surface area contributed by atoms with Crippen LogP contribution in [0.3, 0.4) is 0 Å². The molecule has 4 rings (SSSR count). The number of hydrogen-bond acceptors (Lipinski definition) is 5. The Morgan fingerprint density at radius 1 is 1.23 bits per heavy atom. The van der Waals surface area contributed by atoms with Crippen LogP contribution in [-0.4, -0.2) is 49.4 Å². The van der Waals surface area contributed by atoms with Crippen LogP contribution in [-0.2, 0) is 25.7 Å². The normalized spacial score (nSPS) is 25.5. The minimum absolute atomic E-state index is 0.0329. The Bertz CT molecular complexity index is 778. The molecule has 1 aromatic carbocycles. The van der Waals surface area contributed by atoms with Crippen molar-refractivity contribution in [1.82, 2.24) is 16.0 Å². The molecule has 0 bridgehead atoms. The molecule has 1 saturated carbocycles. The highest BCUT2D eigenvalue weighted by molar-refractivity contribution is 5.92. The first-order valence-electron chi connectivity index (χ1n) is 11.0. The number of ketones is 1. The molecule has 3 aliphatic rings. The van der Waals surface area contributed by atoms with E-state index in [4.69, 9.17) is 4.74 Å². The van der Waals surface area contributed by atoms with Crippen LogP contribution >= 0.6 is 0 Å². The number of benzene rings is 1. The van der Waals surface area contributed by atoms with Gasteiger partial charge in [0.2, 0.25) is 11.8 Å². The third-order valence-electron chi connectivity index (χ3n) is 6.61. The third kappa shape index (κ3) is 5.26. The summed E-state index contributed by atoms with van der Waals surface area (Å²) in [5.74, 6) is -0.615. The summed E-state index contributed by atoms with van der Waals surface area (Å²) >= 11 is 0.